The molecule has 0 N–H and O–H groups in total. The second kappa shape index (κ2) is 5.47. The number of hydrogen-bond donors (Lipinski definition) is 0. The third kappa shape index (κ3) is 2.05. The van der Waals surface area contributed by atoms with Crippen molar-refractivity contribution in [2.45, 2.75) is 46.3 Å². The summed E-state index contributed by atoms with van der Waals surface area (Å²) in [5.41, 5.74) is 0.935. The van der Waals surface area contributed by atoms with Crippen LogP contribution in [0.1, 0.15) is 33.7 Å². The van der Waals surface area contributed by atoms with Crippen LogP contribution >= 0.6 is 0 Å². The van der Waals surface area contributed by atoms with Crippen LogP contribution in [0.15, 0.2) is 27.3 Å². The second-order valence-corrected chi connectivity index (χ2v) is 6.36. The fraction of sp³-hybridized carbons (Fsp3) is 0.500. The van der Waals surface area contributed by atoms with Crippen LogP contribution < -0.4 is 16.3 Å². The molecule has 0 unspecified atom stereocenters. The zero-order chi connectivity index (χ0) is 17.8. The number of rotatable bonds is 3. The van der Waals surface area contributed by atoms with E-state index in [1.165, 1.54) is 9.13 Å². The highest BCUT2D eigenvalue weighted by atomic mass is 16.2. The van der Waals surface area contributed by atoms with Crippen molar-refractivity contribution in [1.82, 2.24) is 18.7 Å². The van der Waals surface area contributed by atoms with E-state index < -0.39 is 5.69 Å². The fourth-order valence-corrected chi connectivity index (χ4v) is 2.98. The van der Waals surface area contributed by atoms with Crippen LogP contribution in [0, 0.1) is 0 Å². The first-order chi connectivity index (χ1) is 11.3. The van der Waals surface area contributed by atoms with E-state index in [2.05, 4.69) is 16.7 Å². The Bertz CT molecular complexity index is 975. The standard InChI is InChI=1S/C16H22N6O2/c1-7-8-20-14(23)12-13(19(6)16(20)24)17-15-21(12)11(5)10(4)18-22(15)9(2)3/h7,9,11H,1,8H2,2-6H3/t11-/m0/s1. The van der Waals surface area contributed by atoms with E-state index in [9.17, 15) is 9.59 Å². The summed E-state index contributed by atoms with van der Waals surface area (Å²) in [4.78, 5) is 30.0. The molecule has 0 bridgehead atoms. The third-order valence-corrected chi connectivity index (χ3v) is 4.42. The maximum Gasteiger partial charge on any atom is 0.332 e. The molecule has 0 aromatic carbocycles. The Kier molecular flexibility index (Phi) is 3.70. The van der Waals surface area contributed by atoms with Gasteiger partial charge in [-0.1, -0.05) is 6.08 Å². The summed E-state index contributed by atoms with van der Waals surface area (Å²) < 4.78 is 4.46. The van der Waals surface area contributed by atoms with Crippen molar-refractivity contribution in [1.29, 1.82) is 0 Å². The van der Waals surface area contributed by atoms with E-state index in [4.69, 9.17) is 0 Å². The van der Waals surface area contributed by atoms with Gasteiger partial charge in [-0.15, -0.1) is 6.58 Å². The molecule has 0 radical (unpaired) electrons. The first-order valence-electron chi connectivity index (χ1n) is 7.96. The van der Waals surface area contributed by atoms with Crippen LogP contribution in [0.4, 0.5) is 5.95 Å². The van der Waals surface area contributed by atoms with E-state index in [0.717, 1.165) is 5.71 Å². The van der Waals surface area contributed by atoms with Crippen LogP contribution in [0.2, 0.25) is 0 Å². The molecule has 2 aromatic heterocycles. The lowest BCUT2D eigenvalue weighted by Gasteiger charge is -2.31. The first-order valence-corrected chi connectivity index (χ1v) is 7.96. The molecule has 1 aliphatic heterocycles. The summed E-state index contributed by atoms with van der Waals surface area (Å²) in [6, 6.07) is -0.0298. The molecule has 1 aliphatic rings. The lowest BCUT2D eigenvalue weighted by molar-refractivity contribution is 0.596. The molecule has 1 atom stereocenters. The molecular formula is C16H22N6O2. The van der Waals surface area contributed by atoms with E-state index in [-0.39, 0.29) is 24.2 Å². The van der Waals surface area contributed by atoms with Crippen molar-refractivity contribution in [3.05, 3.63) is 33.5 Å². The Balaban J connectivity index is 2.47. The van der Waals surface area contributed by atoms with Gasteiger partial charge in [-0.3, -0.25) is 18.5 Å². The van der Waals surface area contributed by atoms with Gasteiger partial charge < -0.3 is 0 Å². The minimum Gasteiger partial charge on any atom is -0.294 e. The molecule has 0 fully saturated rings. The average molecular weight is 330 g/mol. The molecule has 0 saturated carbocycles. The summed E-state index contributed by atoms with van der Waals surface area (Å²) in [5, 5.41) is 6.38. The van der Waals surface area contributed by atoms with Gasteiger partial charge in [0.05, 0.1) is 17.8 Å². The highest BCUT2D eigenvalue weighted by molar-refractivity contribution is 5.91. The Labute approximate surface area is 139 Å². The number of aryl methyl sites for hydroxylation is 1. The Morgan fingerprint density at radius 2 is 2.00 bits per heavy atom. The monoisotopic (exact) mass is 330 g/mol. The summed E-state index contributed by atoms with van der Waals surface area (Å²) in [6.07, 6.45) is 1.54. The van der Waals surface area contributed by atoms with Crippen molar-refractivity contribution >= 4 is 22.8 Å². The predicted octanol–water partition coefficient (Wildman–Crippen LogP) is 1.25. The van der Waals surface area contributed by atoms with Gasteiger partial charge in [0, 0.05) is 13.6 Å². The van der Waals surface area contributed by atoms with E-state index >= 15 is 0 Å². The summed E-state index contributed by atoms with van der Waals surface area (Å²) in [5.74, 6) is 0.585. The molecule has 2 aromatic rings. The maximum absolute atomic E-state index is 12.9. The fourth-order valence-electron chi connectivity index (χ4n) is 2.98. The van der Waals surface area contributed by atoms with Gasteiger partial charge in [0.25, 0.3) is 5.56 Å². The number of aromatic nitrogens is 4. The molecular weight excluding hydrogens is 308 g/mol. The van der Waals surface area contributed by atoms with Crippen molar-refractivity contribution in [3.8, 4) is 0 Å². The van der Waals surface area contributed by atoms with Crippen molar-refractivity contribution in [2.24, 2.45) is 12.1 Å². The number of allylic oxidation sites excluding steroid dienone is 1. The molecule has 8 heteroatoms. The molecule has 0 spiro atoms. The third-order valence-electron chi connectivity index (χ3n) is 4.42. The first kappa shape index (κ1) is 16.2. The Morgan fingerprint density at radius 3 is 2.58 bits per heavy atom. The van der Waals surface area contributed by atoms with Gasteiger partial charge in [-0.2, -0.15) is 10.1 Å². The highest BCUT2D eigenvalue weighted by Crippen LogP contribution is 2.30. The lowest BCUT2D eigenvalue weighted by Crippen LogP contribution is -2.40. The molecule has 3 heterocycles. The topological polar surface area (TPSA) is 77.4 Å². The number of hydrazone groups is 1. The summed E-state index contributed by atoms with van der Waals surface area (Å²) >= 11 is 0. The second-order valence-electron chi connectivity index (χ2n) is 6.36. The summed E-state index contributed by atoms with van der Waals surface area (Å²) in [7, 11) is 1.63. The molecule has 8 nitrogen and oxygen atoms in total. The molecule has 128 valence electrons. The number of nitrogens with zero attached hydrogens (tertiary/aromatic N) is 6. The van der Waals surface area contributed by atoms with Crippen LogP contribution in [-0.2, 0) is 13.6 Å². The normalized spacial score (nSPS) is 17.3. The maximum atomic E-state index is 12.9. The van der Waals surface area contributed by atoms with E-state index in [0.29, 0.717) is 17.1 Å². The SMILES string of the molecule is C=CCn1c(=O)c2c(nc3n2[C@@H](C)C(C)=NN3C(C)C)n(C)c1=O. The molecule has 0 aliphatic carbocycles. The van der Waals surface area contributed by atoms with E-state index in [1.807, 2.05) is 32.3 Å². The minimum absolute atomic E-state index is 0.0791. The molecule has 3 rings (SSSR count). The van der Waals surface area contributed by atoms with E-state index in [1.54, 1.807) is 18.1 Å². The molecule has 24 heavy (non-hydrogen) atoms. The largest absolute Gasteiger partial charge is 0.332 e. The number of hydrogen-bond acceptors (Lipinski definition) is 5. The number of fused-ring (bicyclic) bond motifs is 3. The van der Waals surface area contributed by atoms with Gasteiger partial charge in [0.2, 0.25) is 5.95 Å². The number of imidazole rings is 1. The molecule has 0 saturated heterocycles. The zero-order valence-corrected chi connectivity index (χ0v) is 14.6. The predicted molar refractivity (Wildman–Crippen MR) is 94.9 cm³/mol. The van der Waals surface area contributed by atoms with Crippen LogP contribution in [-0.4, -0.2) is 30.4 Å². The quantitative estimate of drug-likeness (QED) is 0.794. The summed E-state index contributed by atoms with van der Waals surface area (Å²) in [6.45, 7) is 11.7. The average Bonchev–Trinajstić information content (AvgIpc) is 2.93. The van der Waals surface area contributed by atoms with Crippen LogP contribution in [0.3, 0.4) is 0 Å². The zero-order valence-electron chi connectivity index (χ0n) is 14.6. The van der Waals surface area contributed by atoms with Crippen molar-refractivity contribution < 1.29 is 0 Å². The van der Waals surface area contributed by atoms with Crippen LogP contribution in [0.25, 0.3) is 11.2 Å². The van der Waals surface area contributed by atoms with Crippen LogP contribution in [0.5, 0.6) is 0 Å². The molecule has 0 amide bonds. The lowest BCUT2D eigenvalue weighted by atomic mass is 10.2. The smallest absolute Gasteiger partial charge is 0.294 e. The van der Waals surface area contributed by atoms with Gasteiger partial charge in [-0.25, -0.2) is 9.80 Å². The Morgan fingerprint density at radius 1 is 1.33 bits per heavy atom. The van der Waals surface area contributed by atoms with Crippen molar-refractivity contribution in [3.63, 3.8) is 0 Å². The number of anilines is 1. The van der Waals surface area contributed by atoms with Gasteiger partial charge in [0.15, 0.2) is 11.2 Å². The van der Waals surface area contributed by atoms with Gasteiger partial charge in [0.1, 0.15) is 0 Å². The van der Waals surface area contributed by atoms with Crippen molar-refractivity contribution in [2.75, 3.05) is 5.01 Å². The van der Waals surface area contributed by atoms with Gasteiger partial charge >= 0.3 is 5.69 Å². The highest BCUT2D eigenvalue weighted by Gasteiger charge is 2.31. The van der Waals surface area contributed by atoms with Gasteiger partial charge in [-0.05, 0) is 27.7 Å². The Hall–Kier alpha value is -2.64. The minimum atomic E-state index is -0.399.